The first-order chi connectivity index (χ1) is 10.2. The monoisotopic (exact) mass is 287 g/mol. The van der Waals surface area contributed by atoms with Crippen molar-refractivity contribution in [3.05, 3.63) is 58.9 Å². The summed E-state index contributed by atoms with van der Waals surface area (Å²) in [4.78, 5) is 0. The average molecular weight is 287 g/mol. The first kappa shape index (κ1) is 13.9. The molecule has 1 heterocycles. The van der Waals surface area contributed by atoms with Gasteiger partial charge in [-0.1, -0.05) is 12.1 Å². The van der Waals surface area contributed by atoms with Gasteiger partial charge < -0.3 is 14.8 Å². The summed E-state index contributed by atoms with van der Waals surface area (Å²) in [7, 11) is 3.32. The Morgan fingerprint density at radius 2 is 1.86 bits per heavy atom. The fourth-order valence-corrected chi connectivity index (χ4v) is 2.98. The minimum absolute atomic E-state index is 0.0884. The van der Waals surface area contributed by atoms with E-state index in [2.05, 4.69) is 5.32 Å². The van der Waals surface area contributed by atoms with Crippen molar-refractivity contribution in [2.45, 2.75) is 12.5 Å². The highest BCUT2D eigenvalue weighted by Crippen LogP contribution is 2.40. The second-order valence-electron chi connectivity index (χ2n) is 5.05. The molecule has 3 rings (SSSR count). The van der Waals surface area contributed by atoms with Crippen molar-refractivity contribution in [3.63, 3.8) is 0 Å². The van der Waals surface area contributed by atoms with E-state index in [9.17, 15) is 4.39 Å². The quantitative estimate of drug-likeness (QED) is 0.941. The molecule has 1 aliphatic rings. The highest BCUT2D eigenvalue weighted by atomic mass is 19.1. The molecule has 110 valence electrons. The van der Waals surface area contributed by atoms with Crippen LogP contribution < -0.4 is 14.8 Å². The number of hydrogen-bond donors (Lipinski definition) is 1. The summed E-state index contributed by atoms with van der Waals surface area (Å²) in [6.45, 7) is 0.817. The van der Waals surface area contributed by atoms with E-state index in [-0.39, 0.29) is 11.9 Å². The summed E-state index contributed by atoms with van der Waals surface area (Å²) in [5.41, 5.74) is 3.06. The van der Waals surface area contributed by atoms with Crippen molar-refractivity contribution < 1.29 is 13.9 Å². The summed E-state index contributed by atoms with van der Waals surface area (Å²) in [5.74, 6) is 1.42. The Kier molecular flexibility index (Phi) is 3.80. The van der Waals surface area contributed by atoms with Crippen molar-refractivity contribution >= 4 is 0 Å². The molecule has 1 N–H and O–H groups in total. The summed E-state index contributed by atoms with van der Waals surface area (Å²) >= 11 is 0. The van der Waals surface area contributed by atoms with Crippen LogP contribution in [0.3, 0.4) is 0 Å². The molecule has 0 amide bonds. The van der Waals surface area contributed by atoms with E-state index in [1.54, 1.807) is 26.4 Å². The number of methoxy groups -OCH3 is 2. The zero-order valence-electron chi connectivity index (χ0n) is 12.2. The lowest BCUT2D eigenvalue weighted by Gasteiger charge is -2.30. The molecular formula is C17H18FNO2. The van der Waals surface area contributed by atoms with E-state index in [1.165, 1.54) is 6.07 Å². The van der Waals surface area contributed by atoms with Gasteiger partial charge in [-0.15, -0.1) is 0 Å². The number of ether oxygens (including phenoxy) is 2. The molecule has 2 aromatic rings. The van der Waals surface area contributed by atoms with Gasteiger partial charge in [-0.25, -0.2) is 4.39 Å². The summed E-state index contributed by atoms with van der Waals surface area (Å²) in [6, 6.07) is 10.4. The fourth-order valence-electron chi connectivity index (χ4n) is 2.98. The lowest BCUT2D eigenvalue weighted by atomic mass is 9.88. The molecule has 1 unspecified atom stereocenters. The second-order valence-corrected chi connectivity index (χ2v) is 5.05. The molecule has 0 spiro atoms. The maximum atomic E-state index is 13.5. The fraction of sp³-hybridized carbons (Fsp3) is 0.294. The predicted molar refractivity (Wildman–Crippen MR) is 79.5 cm³/mol. The third-order valence-electron chi connectivity index (χ3n) is 3.91. The molecule has 0 saturated carbocycles. The van der Waals surface area contributed by atoms with Crippen LogP contribution >= 0.6 is 0 Å². The van der Waals surface area contributed by atoms with Crippen LogP contribution in [0.1, 0.15) is 22.7 Å². The Bertz CT molecular complexity index is 657. The van der Waals surface area contributed by atoms with E-state index in [4.69, 9.17) is 9.47 Å². The third kappa shape index (κ3) is 2.47. The van der Waals surface area contributed by atoms with Gasteiger partial charge in [-0.05, 0) is 36.2 Å². The Morgan fingerprint density at radius 1 is 1.10 bits per heavy atom. The molecule has 0 bridgehead atoms. The zero-order chi connectivity index (χ0) is 14.8. The number of halogens is 1. The van der Waals surface area contributed by atoms with Gasteiger partial charge in [0.15, 0.2) is 0 Å². The number of rotatable bonds is 3. The minimum atomic E-state index is -0.233. The van der Waals surface area contributed by atoms with Crippen LogP contribution in [0, 0.1) is 5.82 Å². The molecule has 1 aliphatic heterocycles. The summed E-state index contributed by atoms with van der Waals surface area (Å²) in [6.07, 6.45) is 0.863. The van der Waals surface area contributed by atoms with E-state index in [0.717, 1.165) is 41.2 Å². The summed E-state index contributed by atoms with van der Waals surface area (Å²) in [5, 5.41) is 3.44. The van der Waals surface area contributed by atoms with Crippen LogP contribution in [-0.2, 0) is 6.42 Å². The Morgan fingerprint density at radius 3 is 2.57 bits per heavy atom. The lowest BCUT2D eigenvalue weighted by Crippen LogP contribution is -2.31. The van der Waals surface area contributed by atoms with Crippen LogP contribution in [0.25, 0.3) is 0 Å². The Labute approximate surface area is 123 Å². The standard InChI is InChI=1S/C17H18FNO2/c1-20-14-6-7-15(21-2)16-13(14)8-9-19-17(16)11-4-3-5-12(18)10-11/h3-7,10,17,19H,8-9H2,1-2H3. The van der Waals surface area contributed by atoms with Crippen molar-refractivity contribution in [3.8, 4) is 11.5 Å². The maximum absolute atomic E-state index is 13.5. The minimum Gasteiger partial charge on any atom is -0.496 e. The lowest BCUT2D eigenvalue weighted by molar-refractivity contribution is 0.382. The number of hydrogen-bond acceptors (Lipinski definition) is 3. The van der Waals surface area contributed by atoms with Crippen LogP contribution in [0.15, 0.2) is 36.4 Å². The normalized spacial score (nSPS) is 17.2. The molecule has 0 saturated heterocycles. The number of benzene rings is 2. The first-order valence-electron chi connectivity index (χ1n) is 6.97. The highest BCUT2D eigenvalue weighted by molar-refractivity contribution is 5.54. The summed E-state index contributed by atoms with van der Waals surface area (Å²) < 4.78 is 24.5. The Hall–Kier alpha value is -2.07. The largest absolute Gasteiger partial charge is 0.496 e. The highest BCUT2D eigenvalue weighted by Gasteiger charge is 2.27. The van der Waals surface area contributed by atoms with Crippen molar-refractivity contribution in [1.82, 2.24) is 5.32 Å². The molecule has 0 aliphatic carbocycles. The Balaban J connectivity index is 2.16. The average Bonchev–Trinajstić information content (AvgIpc) is 2.53. The molecule has 4 heteroatoms. The SMILES string of the molecule is COc1ccc(OC)c2c1CCNC2c1cccc(F)c1. The molecular weight excluding hydrogens is 269 g/mol. The molecule has 3 nitrogen and oxygen atoms in total. The van der Waals surface area contributed by atoms with E-state index >= 15 is 0 Å². The van der Waals surface area contributed by atoms with Crippen LogP contribution in [0.4, 0.5) is 4.39 Å². The van der Waals surface area contributed by atoms with Crippen LogP contribution in [-0.4, -0.2) is 20.8 Å². The van der Waals surface area contributed by atoms with Gasteiger partial charge in [0.05, 0.1) is 20.3 Å². The topological polar surface area (TPSA) is 30.5 Å². The molecule has 21 heavy (non-hydrogen) atoms. The van der Waals surface area contributed by atoms with Crippen LogP contribution in [0.2, 0.25) is 0 Å². The number of fused-ring (bicyclic) bond motifs is 1. The van der Waals surface area contributed by atoms with E-state index in [1.807, 2.05) is 18.2 Å². The van der Waals surface area contributed by atoms with Crippen molar-refractivity contribution in [1.29, 1.82) is 0 Å². The second kappa shape index (κ2) is 5.74. The molecule has 1 atom stereocenters. The van der Waals surface area contributed by atoms with E-state index in [0.29, 0.717) is 0 Å². The van der Waals surface area contributed by atoms with E-state index < -0.39 is 0 Å². The van der Waals surface area contributed by atoms with Gasteiger partial charge in [0.2, 0.25) is 0 Å². The van der Waals surface area contributed by atoms with Gasteiger partial charge in [0.25, 0.3) is 0 Å². The van der Waals surface area contributed by atoms with Crippen LogP contribution in [0.5, 0.6) is 11.5 Å². The smallest absolute Gasteiger partial charge is 0.124 e. The molecule has 0 radical (unpaired) electrons. The van der Waals surface area contributed by atoms with Gasteiger partial charge in [0, 0.05) is 17.7 Å². The first-order valence-corrected chi connectivity index (χ1v) is 6.97. The van der Waals surface area contributed by atoms with Crippen molar-refractivity contribution in [2.75, 3.05) is 20.8 Å². The predicted octanol–water partition coefficient (Wildman–Crippen LogP) is 3.08. The molecule has 0 aromatic heterocycles. The maximum Gasteiger partial charge on any atom is 0.124 e. The number of nitrogens with one attached hydrogen (secondary N) is 1. The van der Waals surface area contributed by atoms with Gasteiger partial charge in [0.1, 0.15) is 17.3 Å². The van der Waals surface area contributed by atoms with Gasteiger partial charge in [-0.3, -0.25) is 0 Å². The van der Waals surface area contributed by atoms with Crippen molar-refractivity contribution in [2.24, 2.45) is 0 Å². The van der Waals surface area contributed by atoms with Gasteiger partial charge >= 0.3 is 0 Å². The zero-order valence-corrected chi connectivity index (χ0v) is 12.2. The van der Waals surface area contributed by atoms with Gasteiger partial charge in [-0.2, -0.15) is 0 Å². The molecule has 2 aromatic carbocycles. The molecule has 0 fully saturated rings. The third-order valence-corrected chi connectivity index (χ3v) is 3.91.